The van der Waals surface area contributed by atoms with E-state index in [2.05, 4.69) is 0 Å². The summed E-state index contributed by atoms with van der Waals surface area (Å²) in [6.07, 6.45) is 0. The number of ether oxygens (including phenoxy) is 1. The van der Waals surface area contributed by atoms with Gasteiger partial charge in [0.25, 0.3) is 0 Å². The second-order valence-electron chi connectivity index (χ2n) is 4.48. The first-order valence-corrected chi connectivity index (χ1v) is 7.28. The normalized spacial score (nSPS) is 10.8. The molecule has 0 fully saturated rings. The predicted molar refractivity (Wildman–Crippen MR) is 88.9 cm³/mol. The van der Waals surface area contributed by atoms with Crippen LogP contribution in [0.2, 0.25) is 0 Å². The first-order valence-electron chi connectivity index (χ1n) is 6.20. The summed E-state index contributed by atoms with van der Waals surface area (Å²) in [5, 5.41) is 10.4. The van der Waals surface area contributed by atoms with Crippen molar-refractivity contribution in [2.24, 2.45) is 0 Å². The number of hydrogen-bond acceptors (Lipinski definition) is 4. The maximum Gasteiger partial charge on any atom is 0.193 e. The van der Waals surface area contributed by atoms with Crippen LogP contribution in [0.25, 0.3) is 22.3 Å². The lowest BCUT2D eigenvalue weighted by atomic mass is 10.1. The fourth-order valence-electron chi connectivity index (χ4n) is 2.12. The zero-order chi connectivity index (χ0) is 15.0. The van der Waals surface area contributed by atoms with Crippen molar-refractivity contribution in [2.45, 2.75) is 0 Å². The third-order valence-corrected chi connectivity index (χ3v) is 3.99. The summed E-state index contributed by atoms with van der Waals surface area (Å²) < 4.78 is 11.5. The number of phenols is 1. The molecule has 4 nitrogen and oxygen atoms in total. The SMILES string of the molecule is COc1cc(-c2cc(=O)c3ccccc3o2)cc(I)c1O. The third-order valence-electron chi connectivity index (χ3n) is 3.17. The van der Waals surface area contributed by atoms with Gasteiger partial charge in [-0.3, -0.25) is 4.79 Å². The van der Waals surface area contributed by atoms with Crippen LogP contribution in [-0.2, 0) is 0 Å². The largest absolute Gasteiger partial charge is 0.504 e. The van der Waals surface area contributed by atoms with Gasteiger partial charge in [0.05, 0.1) is 16.1 Å². The number of halogens is 1. The van der Waals surface area contributed by atoms with Gasteiger partial charge >= 0.3 is 0 Å². The van der Waals surface area contributed by atoms with Crippen LogP contribution in [-0.4, -0.2) is 12.2 Å². The molecule has 1 N–H and O–H groups in total. The Morgan fingerprint density at radius 2 is 1.95 bits per heavy atom. The molecule has 0 aliphatic carbocycles. The average Bonchev–Trinajstić information content (AvgIpc) is 2.50. The first kappa shape index (κ1) is 13.9. The van der Waals surface area contributed by atoms with Crippen LogP contribution in [0.5, 0.6) is 11.5 Å². The molecule has 21 heavy (non-hydrogen) atoms. The minimum absolute atomic E-state index is 0.0741. The maximum absolute atomic E-state index is 12.1. The van der Waals surface area contributed by atoms with E-state index in [9.17, 15) is 9.90 Å². The molecule has 0 unspecified atom stereocenters. The van der Waals surface area contributed by atoms with Gasteiger partial charge in [0.15, 0.2) is 16.9 Å². The highest BCUT2D eigenvalue weighted by Crippen LogP contribution is 2.36. The Balaban J connectivity index is 2.26. The summed E-state index contributed by atoms with van der Waals surface area (Å²) in [5.41, 5.74) is 1.10. The van der Waals surface area contributed by atoms with Crippen molar-refractivity contribution in [2.75, 3.05) is 7.11 Å². The van der Waals surface area contributed by atoms with Crippen molar-refractivity contribution < 1.29 is 14.3 Å². The number of para-hydroxylation sites is 1. The number of fused-ring (bicyclic) bond motifs is 1. The monoisotopic (exact) mass is 394 g/mol. The van der Waals surface area contributed by atoms with Gasteiger partial charge in [0, 0.05) is 11.6 Å². The van der Waals surface area contributed by atoms with E-state index in [1.54, 1.807) is 30.3 Å². The zero-order valence-corrected chi connectivity index (χ0v) is 13.2. The molecule has 0 bridgehead atoms. The lowest BCUT2D eigenvalue weighted by molar-refractivity contribution is 0.372. The molecular weight excluding hydrogens is 383 g/mol. The van der Waals surface area contributed by atoms with Gasteiger partial charge < -0.3 is 14.3 Å². The fraction of sp³-hybridized carbons (Fsp3) is 0.0625. The van der Waals surface area contributed by atoms with Crippen molar-refractivity contribution in [3.63, 3.8) is 0 Å². The number of benzene rings is 2. The smallest absolute Gasteiger partial charge is 0.193 e. The zero-order valence-electron chi connectivity index (χ0n) is 11.1. The standard InChI is InChI=1S/C16H11IO4/c1-20-15-7-9(6-11(17)16(15)19)14-8-12(18)10-4-2-3-5-13(10)21-14/h2-8,19H,1H3. The highest BCUT2D eigenvalue weighted by molar-refractivity contribution is 14.1. The molecule has 3 aromatic rings. The van der Waals surface area contributed by atoms with Crippen LogP contribution in [0, 0.1) is 3.57 Å². The Bertz CT molecular complexity index is 883. The van der Waals surface area contributed by atoms with E-state index in [0.717, 1.165) is 0 Å². The van der Waals surface area contributed by atoms with E-state index >= 15 is 0 Å². The average molecular weight is 394 g/mol. The molecule has 0 saturated carbocycles. The summed E-state index contributed by atoms with van der Waals surface area (Å²) in [4.78, 5) is 12.1. The third kappa shape index (κ3) is 2.49. The molecule has 2 aromatic carbocycles. The predicted octanol–water partition coefficient (Wildman–Crippen LogP) is 3.78. The Labute approximate surface area is 134 Å². The molecule has 5 heteroatoms. The second-order valence-corrected chi connectivity index (χ2v) is 5.64. The minimum Gasteiger partial charge on any atom is -0.504 e. The van der Waals surface area contributed by atoms with Crippen LogP contribution in [0.3, 0.4) is 0 Å². The molecule has 3 rings (SSSR count). The molecule has 0 aliphatic heterocycles. The summed E-state index contributed by atoms with van der Waals surface area (Å²) in [7, 11) is 1.48. The van der Waals surface area contributed by atoms with Crippen LogP contribution < -0.4 is 10.2 Å². The Hall–Kier alpha value is -2.02. The van der Waals surface area contributed by atoms with Gasteiger partial charge in [0.2, 0.25) is 0 Å². The van der Waals surface area contributed by atoms with E-state index in [-0.39, 0.29) is 11.2 Å². The van der Waals surface area contributed by atoms with Crippen molar-refractivity contribution >= 4 is 33.6 Å². The van der Waals surface area contributed by atoms with Crippen molar-refractivity contribution in [1.29, 1.82) is 0 Å². The topological polar surface area (TPSA) is 59.7 Å². The lowest BCUT2D eigenvalue weighted by Crippen LogP contribution is -2.00. The molecule has 0 spiro atoms. The van der Waals surface area contributed by atoms with Crippen molar-refractivity contribution in [3.8, 4) is 22.8 Å². The highest BCUT2D eigenvalue weighted by Gasteiger charge is 2.13. The first-order chi connectivity index (χ1) is 10.1. The number of phenolic OH excluding ortho intramolecular Hbond substituents is 1. The summed E-state index contributed by atoms with van der Waals surface area (Å²) in [5.74, 6) is 0.854. The molecule has 0 aliphatic rings. The number of hydrogen-bond donors (Lipinski definition) is 1. The van der Waals surface area contributed by atoms with Gasteiger partial charge in [-0.25, -0.2) is 0 Å². The van der Waals surface area contributed by atoms with Gasteiger partial charge in [-0.2, -0.15) is 0 Å². The van der Waals surface area contributed by atoms with Crippen LogP contribution in [0.15, 0.2) is 51.7 Å². The molecule has 106 valence electrons. The highest BCUT2D eigenvalue weighted by atomic mass is 127. The molecular formula is C16H11IO4. The van der Waals surface area contributed by atoms with E-state index in [1.807, 2.05) is 28.7 Å². The quantitative estimate of drug-likeness (QED) is 0.673. The lowest BCUT2D eigenvalue weighted by Gasteiger charge is -2.09. The van der Waals surface area contributed by atoms with E-state index < -0.39 is 0 Å². The van der Waals surface area contributed by atoms with Crippen molar-refractivity contribution in [3.05, 3.63) is 56.3 Å². The number of rotatable bonds is 2. The van der Waals surface area contributed by atoms with E-state index in [4.69, 9.17) is 9.15 Å². The molecule has 0 saturated heterocycles. The van der Waals surface area contributed by atoms with E-state index in [0.29, 0.717) is 31.6 Å². The number of aromatic hydroxyl groups is 1. The van der Waals surface area contributed by atoms with Gasteiger partial charge in [-0.1, -0.05) is 12.1 Å². The van der Waals surface area contributed by atoms with Gasteiger partial charge in [-0.05, 0) is 46.9 Å². The molecule has 1 heterocycles. The van der Waals surface area contributed by atoms with Gasteiger partial charge in [0.1, 0.15) is 11.3 Å². The summed E-state index contributed by atoms with van der Waals surface area (Å²) in [6.45, 7) is 0. The van der Waals surface area contributed by atoms with Crippen LogP contribution in [0.1, 0.15) is 0 Å². The summed E-state index contributed by atoms with van der Waals surface area (Å²) in [6, 6.07) is 11.9. The Morgan fingerprint density at radius 1 is 1.19 bits per heavy atom. The van der Waals surface area contributed by atoms with Gasteiger partial charge in [-0.15, -0.1) is 0 Å². The maximum atomic E-state index is 12.1. The molecule has 1 aromatic heterocycles. The minimum atomic E-state index is -0.103. The molecule has 0 amide bonds. The van der Waals surface area contributed by atoms with Crippen LogP contribution in [0.4, 0.5) is 0 Å². The van der Waals surface area contributed by atoms with Crippen LogP contribution >= 0.6 is 22.6 Å². The number of methoxy groups -OCH3 is 1. The second kappa shape index (κ2) is 5.40. The molecule has 0 atom stereocenters. The van der Waals surface area contributed by atoms with E-state index in [1.165, 1.54) is 13.2 Å². The molecule has 0 radical (unpaired) electrons. The Morgan fingerprint density at radius 3 is 2.71 bits per heavy atom. The Kier molecular flexibility index (Phi) is 3.59. The summed E-state index contributed by atoms with van der Waals surface area (Å²) >= 11 is 2.00. The fourth-order valence-corrected chi connectivity index (χ4v) is 2.72. The van der Waals surface area contributed by atoms with Crippen molar-refractivity contribution in [1.82, 2.24) is 0 Å².